The number of rotatable bonds is 7. The van der Waals surface area contributed by atoms with Gasteiger partial charge >= 0.3 is 0 Å². The molecule has 0 aromatic heterocycles. The predicted molar refractivity (Wildman–Crippen MR) is 83.3 cm³/mol. The highest BCUT2D eigenvalue weighted by molar-refractivity contribution is 9.10. The molecule has 2 nitrogen and oxygen atoms in total. The number of halogens is 3. The first-order valence-electron chi connectivity index (χ1n) is 6.48. The normalized spacial score (nSPS) is 13.0. The molecule has 0 bridgehead atoms. The van der Waals surface area contributed by atoms with Crippen molar-refractivity contribution in [2.75, 3.05) is 27.2 Å². The lowest BCUT2D eigenvalue weighted by Gasteiger charge is -2.22. The molecule has 0 saturated carbocycles. The van der Waals surface area contributed by atoms with Crippen molar-refractivity contribution >= 4 is 27.5 Å². The Bertz CT molecular complexity index is 413. The molecule has 19 heavy (non-hydrogen) atoms. The van der Waals surface area contributed by atoms with Crippen LogP contribution in [-0.4, -0.2) is 32.1 Å². The first-order chi connectivity index (χ1) is 8.97. The second kappa shape index (κ2) is 8.20. The highest BCUT2D eigenvalue weighted by atomic mass is 79.9. The van der Waals surface area contributed by atoms with Crippen molar-refractivity contribution in [1.29, 1.82) is 0 Å². The van der Waals surface area contributed by atoms with Crippen molar-refractivity contribution < 1.29 is 4.39 Å². The molecule has 0 spiro atoms. The summed E-state index contributed by atoms with van der Waals surface area (Å²) in [4.78, 5) is 2.10. The summed E-state index contributed by atoms with van der Waals surface area (Å²) in [5.41, 5.74) is 0.642. The molecule has 5 heteroatoms. The minimum absolute atomic E-state index is 0.00653. The largest absolute Gasteiger partial charge is 0.310 e. The molecule has 1 aromatic rings. The fourth-order valence-electron chi connectivity index (χ4n) is 1.88. The molecule has 1 N–H and O–H groups in total. The molecule has 0 aliphatic rings. The molecular weight excluding hydrogens is 331 g/mol. The van der Waals surface area contributed by atoms with E-state index in [9.17, 15) is 4.39 Å². The molecule has 1 aromatic carbocycles. The Hall–Kier alpha value is -0.160. The summed E-state index contributed by atoms with van der Waals surface area (Å²) < 4.78 is 14.8. The van der Waals surface area contributed by atoms with E-state index in [0.717, 1.165) is 25.9 Å². The van der Waals surface area contributed by atoms with Gasteiger partial charge in [0.25, 0.3) is 0 Å². The third-order valence-corrected chi connectivity index (χ3v) is 4.20. The summed E-state index contributed by atoms with van der Waals surface area (Å²) in [5.74, 6) is -0.330. The van der Waals surface area contributed by atoms with E-state index in [2.05, 4.69) is 33.1 Å². The molecule has 0 radical (unpaired) electrons. The Morgan fingerprint density at radius 3 is 2.68 bits per heavy atom. The zero-order valence-electron chi connectivity index (χ0n) is 11.6. The van der Waals surface area contributed by atoms with Crippen LogP contribution in [0.5, 0.6) is 0 Å². The average Bonchev–Trinajstić information content (AvgIpc) is 2.37. The second-order valence-corrected chi connectivity index (χ2v) is 6.10. The van der Waals surface area contributed by atoms with Gasteiger partial charge in [0.15, 0.2) is 0 Å². The van der Waals surface area contributed by atoms with E-state index < -0.39 is 0 Å². The Morgan fingerprint density at radius 1 is 1.42 bits per heavy atom. The van der Waals surface area contributed by atoms with Crippen molar-refractivity contribution in [3.05, 3.63) is 33.0 Å². The minimum atomic E-state index is -0.330. The van der Waals surface area contributed by atoms with Gasteiger partial charge in [-0.05, 0) is 62.0 Å². The van der Waals surface area contributed by atoms with Gasteiger partial charge in [0.1, 0.15) is 5.82 Å². The minimum Gasteiger partial charge on any atom is -0.310 e. The van der Waals surface area contributed by atoms with Crippen LogP contribution in [0.2, 0.25) is 5.02 Å². The molecular formula is C14H21BrClFN2. The van der Waals surface area contributed by atoms with Crippen molar-refractivity contribution in [3.63, 3.8) is 0 Å². The van der Waals surface area contributed by atoms with E-state index in [4.69, 9.17) is 11.6 Å². The van der Waals surface area contributed by atoms with Crippen molar-refractivity contribution in [1.82, 2.24) is 10.2 Å². The van der Waals surface area contributed by atoms with Gasteiger partial charge in [0.2, 0.25) is 0 Å². The van der Waals surface area contributed by atoms with Crippen LogP contribution in [0.1, 0.15) is 31.4 Å². The molecule has 0 heterocycles. The molecule has 108 valence electrons. The maximum Gasteiger partial charge on any atom is 0.147 e. The fraction of sp³-hybridized carbons (Fsp3) is 0.571. The summed E-state index contributed by atoms with van der Waals surface area (Å²) in [6.07, 6.45) is 1.87. The summed E-state index contributed by atoms with van der Waals surface area (Å²) in [6, 6.07) is 3.60. The maximum absolute atomic E-state index is 14.2. The van der Waals surface area contributed by atoms with Gasteiger partial charge in [-0.1, -0.05) is 24.6 Å². The van der Waals surface area contributed by atoms with Crippen molar-refractivity contribution in [2.24, 2.45) is 0 Å². The molecule has 1 rings (SSSR count). The zero-order chi connectivity index (χ0) is 14.4. The Kier molecular flexibility index (Phi) is 7.29. The quantitative estimate of drug-likeness (QED) is 0.739. The van der Waals surface area contributed by atoms with E-state index in [-0.39, 0.29) is 16.9 Å². The Labute approximate surface area is 128 Å². The SMILES string of the molecule is CCCNC(CCN(C)C)c1ccc(Br)c(Cl)c1F. The van der Waals surface area contributed by atoms with Crippen molar-refractivity contribution in [2.45, 2.75) is 25.8 Å². The van der Waals surface area contributed by atoms with Crippen LogP contribution in [0, 0.1) is 5.82 Å². The average molecular weight is 352 g/mol. The molecule has 1 atom stereocenters. The lowest BCUT2D eigenvalue weighted by Crippen LogP contribution is -2.27. The monoisotopic (exact) mass is 350 g/mol. The van der Waals surface area contributed by atoms with E-state index in [1.165, 1.54) is 0 Å². The third kappa shape index (κ3) is 5.03. The summed E-state index contributed by atoms with van der Waals surface area (Å²) >= 11 is 9.21. The maximum atomic E-state index is 14.2. The lowest BCUT2D eigenvalue weighted by molar-refractivity contribution is 0.356. The fourth-order valence-corrected chi connectivity index (χ4v) is 2.36. The van der Waals surface area contributed by atoms with Crippen LogP contribution in [0.3, 0.4) is 0 Å². The van der Waals surface area contributed by atoms with Gasteiger partial charge in [0.05, 0.1) is 5.02 Å². The summed E-state index contributed by atoms with van der Waals surface area (Å²) in [5, 5.41) is 3.55. The van der Waals surface area contributed by atoms with Gasteiger partial charge < -0.3 is 10.2 Å². The van der Waals surface area contributed by atoms with Gasteiger partial charge in [-0.25, -0.2) is 4.39 Å². The Morgan fingerprint density at radius 2 is 2.11 bits per heavy atom. The van der Waals surface area contributed by atoms with E-state index >= 15 is 0 Å². The second-order valence-electron chi connectivity index (χ2n) is 4.86. The molecule has 0 saturated heterocycles. The lowest BCUT2D eigenvalue weighted by atomic mass is 10.0. The first-order valence-corrected chi connectivity index (χ1v) is 7.66. The molecule has 0 amide bonds. The van der Waals surface area contributed by atoms with Gasteiger partial charge in [0, 0.05) is 16.1 Å². The van der Waals surface area contributed by atoms with E-state index in [1.807, 2.05) is 14.1 Å². The zero-order valence-corrected chi connectivity index (χ0v) is 14.0. The van der Waals surface area contributed by atoms with Crippen molar-refractivity contribution in [3.8, 4) is 0 Å². The van der Waals surface area contributed by atoms with Crippen LogP contribution < -0.4 is 5.32 Å². The molecule has 0 aliphatic carbocycles. The van der Waals surface area contributed by atoms with E-state index in [1.54, 1.807) is 12.1 Å². The van der Waals surface area contributed by atoms with Crippen LogP contribution in [0.4, 0.5) is 4.39 Å². The highest BCUT2D eigenvalue weighted by Gasteiger charge is 2.18. The van der Waals surface area contributed by atoms with Gasteiger partial charge in [-0.15, -0.1) is 0 Å². The topological polar surface area (TPSA) is 15.3 Å². The number of benzene rings is 1. The number of nitrogens with one attached hydrogen (secondary N) is 1. The summed E-state index contributed by atoms with van der Waals surface area (Å²) in [7, 11) is 4.03. The predicted octanol–water partition coefficient (Wildman–Crippen LogP) is 4.23. The van der Waals surface area contributed by atoms with Crippen LogP contribution in [0.25, 0.3) is 0 Å². The van der Waals surface area contributed by atoms with Gasteiger partial charge in [-0.3, -0.25) is 0 Å². The number of hydrogen-bond donors (Lipinski definition) is 1. The Balaban J connectivity index is 2.92. The molecule has 0 aliphatic heterocycles. The smallest absolute Gasteiger partial charge is 0.147 e. The standard InChI is InChI=1S/C14H21BrClFN2/c1-4-8-18-12(7-9-19(2)3)10-5-6-11(15)13(16)14(10)17/h5-6,12,18H,4,7-9H2,1-3H3. The summed E-state index contributed by atoms with van der Waals surface area (Å²) in [6.45, 7) is 3.86. The number of nitrogens with zero attached hydrogens (tertiary/aromatic N) is 1. The first kappa shape index (κ1) is 16.9. The molecule has 0 fully saturated rings. The third-order valence-electron chi connectivity index (χ3n) is 2.95. The van der Waals surface area contributed by atoms with Crippen LogP contribution >= 0.6 is 27.5 Å². The van der Waals surface area contributed by atoms with Crippen LogP contribution in [0.15, 0.2) is 16.6 Å². The highest BCUT2D eigenvalue weighted by Crippen LogP contribution is 2.31. The van der Waals surface area contributed by atoms with Gasteiger partial charge in [-0.2, -0.15) is 0 Å². The molecule has 1 unspecified atom stereocenters. The van der Waals surface area contributed by atoms with E-state index in [0.29, 0.717) is 10.0 Å². The number of hydrogen-bond acceptors (Lipinski definition) is 2. The van der Waals surface area contributed by atoms with Crippen LogP contribution in [-0.2, 0) is 0 Å².